The van der Waals surface area contributed by atoms with Crippen molar-refractivity contribution in [2.75, 3.05) is 6.61 Å². The summed E-state index contributed by atoms with van der Waals surface area (Å²) in [5.41, 5.74) is 5.85. The molecule has 0 radical (unpaired) electrons. The van der Waals surface area contributed by atoms with Gasteiger partial charge in [0.1, 0.15) is 0 Å². The molecule has 60 valence electrons. The third-order valence-corrected chi connectivity index (χ3v) is 2.07. The zero-order valence-electron chi connectivity index (χ0n) is 6.84. The Hall–Kier alpha value is -0.0800. The number of nitrogens with two attached hydrogens (primary N) is 1. The van der Waals surface area contributed by atoms with Crippen molar-refractivity contribution in [3.63, 3.8) is 0 Å². The van der Waals surface area contributed by atoms with Crippen LogP contribution < -0.4 is 5.73 Å². The second kappa shape index (κ2) is 3.35. The molecule has 2 heteroatoms. The first-order chi connectivity index (χ1) is 4.72. The molecule has 0 aliphatic carbocycles. The van der Waals surface area contributed by atoms with Gasteiger partial charge < -0.3 is 10.5 Å². The average Bonchev–Trinajstić information content (AvgIpc) is 1.88. The standard InChI is InChI=1S/C8H17NO/c1-6(2)8-7(9)4-3-5-10-8/h6-8H,3-5,9H2,1-2H3. The molecule has 1 aliphatic heterocycles. The Morgan fingerprint density at radius 3 is 2.60 bits per heavy atom. The van der Waals surface area contributed by atoms with Crippen molar-refractivity contribution in [1.29, 1.82) is 0 Å². The molecule has 1 heterocycles. The molecule has 1 aliphatic rings. The highest BCUT2D eigenvalue weighted by Gasteiger charge is 2.24. The first-order valence-electron chi connectivity index (χ1n) is 4.09. The minimum atomic E-state index is 0.272. The monoisotopic (exact) mass is 143 g/mol. The molecule has 1 fully saturated rings. The van der Waals surface area contributed by atoms with Crippen LogP contribution in [-0.2, 0) is 4.74 Å². The second-order valence-corrected chi connectivity index (χ2v) is 3.39. The van der Waals surface area contributed by atoms with Crippen molar-refractivity contribution >= 4 is 0 Å². The molecule has 2 unspecified atom stereocenters. The van der Waals surface area contributed by atoms with Crippen LogP contribution in [-0.4, -0.2) is 18.8 Å². The van der Waals surface area contributed by atoms with Gasteiger partial charge in [0, 0.05) is 12.6 Å². The van der Waals surface area contributed by atoms with Gasteiger partial charge >= 0.3 is 0 Å². The molecular weight excluding hydrogens is 126 g/mol. The maximum Gasteiger partial charge on any atom is 0.0748 e. The molecule has 0 amide bonds. The summed E-state index contributed by atoms with van der Waals surface area (Å²) in [7, 11) is 0. The van der Waals surface area contributed by atoms with Crippen LogP contribution >= 0.6 is 0 Å². The Morgan fingerprint density at radius 2 is 2.20 bits per heavy atom. The van der Waals surface area contributed by atoms with E-state index in [9.17, 15) is 0 Å². The van der Waals surface area contributed by atoms with E-state index in [4.69, 9.17) is 10.5 Å². The van der Waals surface area contributed by atoms with E-state index in [1.807, 2.05) is 0 Å². The van der Waals surface area contributed by atoms with Crippen molar-refractivity contribution < 1.29 is 4.74 Å². The van der Waals surface area contributed by atoms with E-state index in [0.29, 0.717) is 12.0 Å². The summed E-state index contributed by atoms with van der Waals surface area (Å²) in [6.07, 6.45) is 2.56. The highest BCUT2D eigenvalue weighted by Crippen LogP contribution is 2.18. The van der Waals surface area contributed by atoms with Gasteiger partial charge in [-0.15, -0.1) is 0 Å². The van der Waals surface area contributed by atoms with E-state index < -0.39 is 0 Å². The summed E-state index contributed by atoms with van der Waals surface area (Å²) in [5, 5.41) is 0. The molecule has 1 rings (SSSR count). The Kier molecular flexibility index (Phi) is 2.69. The first kappa shape index (κ1) is 8.02. The van der Waals surface area contributed by atoms with Gasteiger partial charge in [0.15, 0.2) is 0 Å². The Bertz CT molecular complexity index is 103. The minimum absolute atomic E-state index is 0.272. The second-order valence-electron chi connectivity index (χ2n) is 3.39. The van der Waals surface area contributed by atoms with Gasteiger partial charge in [-0.25, -0.2) is 0 Å². The van der Waals surface area contributed by atoms with Gasteiger partial charge in [0.25, 0.3) is 0 Å². The van der Waals surface area contributed by atoms with Crippen LogP contribution in [0.4, 0.5) is 0 Å². The van der Waals surface area contributed by atoms with Gasteiger partial charge in [-0.3, -0.25) is 0 Å². The lowest BCUT2D eigenvalue weighted by Gasteiger charge is -2.31. The van der Waals surface area contributed by atoms with Crippen molar-refractivity contribution in [2.24, 2.45) is 11.7 Å². The summed E-state index contributed by atoms with van der Waals surface area (Å²) < 4.78 is 5.53. The number of ether oxygens (including phenoxy) is 1. The van der Waals surface area contributed by atoms with Crippen LogP contribution in [0.5, 0.6) is 0 Å². The van der Waals surface area contributed by atoms with Crippen LogP contribution in [0.2, 0.25) is 0 Å². The van der Waals surface area contributed by atoms with E-state index in [-0.39, 0.29) is 6.04 Å². The fourth-order valence-electron chi connectivity index (χ4n) is 1.51. The van der Waals surface area contributed by atoms with Crippen molar-refractivity contribution in [1.82, 2.24) is 0 Å². The molecule has 0 saturated carbocycles. The lowest BCUT2D eigenvalue weighted by Crippen LogP contribution is -2.43. The summed E-state index contributed by atoms with van der Waals surface area (Å²) in [5.74, 6) is 0.565. The zero-order chi connectivity index (χ0) is 7.56. The highest BCUT2D eigenvalue weighted by atomic mass is 16.5. The maximum absolute atomic E-state index is 5.85. The summed E-state index contributed by atoms with van der Waals surface area (Å²) in [4.78, 5) is 0. The molecule has 0 bridgehead atoms. The topological polar surface area (TPSA) is 35.2 Å². The molecule has 0 aromatic rings. The summed E-state index contributed by atoms with van der Waals surface area (Å²) in [6, 6.07) is 0.272. The van der Waals surface area contributed by atoms with E-state index in [1.165, 1.54) is 0 Å². The molecule has 0 spiro atoms. The first-order valence-corrected chi connectivity index (χ1v) is 4.09. The molecule has 1 saturated heterocycles. The lowest BCUT2D eigenvalue weighted by atomic mass is 9.95. The van der Waals surface area contributed by atoms with Crippen LogP contribution in [0, 0.1) is 5.92 Å². The van der Waals surface area contributed by atoms with Crippen molar-refractivity contribution in [3.05, 3.63) is 0 Å². The molecular formula is C8H17NO. The Morgan fingerprint density at radius 1 is 1.50 bits per heavy atom. The number of hydrogen-bond donors (Lipinski definition) is 1. The highest BCUT2D eigenvalue weighted by molar-refractivity contribution is 4.79. The van der Waals surface area contributed by atoms with Crippen LogP contribution in [0.3, 0.4) is 0 Å². The molecule has 0 aromatic carbocycles. The van der Waals surface area contributed by atoms with E-state index >= 15 is 0 Å². The minimum Gasteiger partial charge on any atom is -0.376 e. The van der Waals surface area contributed by atoms with E-state index in [0.717, 1.165) is 19.4 Å². The van der Waals surface area contributed by atoms with Gasteiger partial charge in [-0.2, -0.15) is 0 Å². The fourth-order valence-corrected chi connectivity index (χ4v) is 1.51. The SMILES string of the molecule is CC(C)C1OCCCC1N. The molecule has 10 heavy (non-hydrogen) atoms. The molecule has 2 nitrogen and oxygen atoms in total. The van der Waals surface area contributed by atoms with E-state index in [1.54, 1.807) is 0 Å². The molecule has 2 atom stereocenters. The largest absolute Gasteiger partial charge is 0.376 e. The third-order valence-electron chi connectivity index (χ3n) is 2.07. The van der Waals surface area contributed by atoms with Crippen molar-refractivity contribution in [3.8, 4) is 0 Å². The quantitative estimate of drug-likeness (QED) is 0.597. The normalized spacial score (nSPS) is 34.8. The number of hydrogen-bond acceptors (Lipinski definition) is 2. The van der Waals surface area contributed by atoms with Crippen LogP contribution in [0.1, 0.15) is 26.7 Å². The predicted molar refractivity (Wildman–Crippen MR) is 41.8 cm³/mol. The summed E-state index contributed by atoms with van der Waals surface area (Å²) in [6.45, 7) is 5.22. The van der Waals surface area contributed by atoms with Gasteiger partial charge in [0.05, 0.1) is 6.10 Å². The predicted octanol–water partition coefficient (Wildman–Crippen LogP) is 1.15. The van der Waals surface area contributed by atoms with Gasteiger partial charge in [-0.05, 0) is 18.8 Å². The maximum atomic E-state index is 5.85. The Balaban J connectivity index is 2.40. The Labute approximate surface area is 62.7 Å². The van der Waals surface area contributed by atoms with Gasteiger partial charge in [0.2, 0.25) is 0 Å². The zero-order valence-corrected chi connectivity index (χ0v) is 6.84. The van der Waals surface area contributed by atoms with E-state index in [2.05, 4.69) is 13.8 Å². The molecule has 0 aromatic heterocycles. The van der Waals surface area contributed by atoms with Crippen molar-refractivity contribution in [2.45, 2.75) is 38.8 Å². The smallest absolute Gasteiger partial charge is 0.0748 e. The van der Waals surface area contributed by atoms with Gasteiger partial charge in [-0.1, -0.05) is 13.8 Å². The lowest BCUT2D eigenvalue weighted by molar-refractivity contribution is -0.0253. The summed E-state index contributed by atoms with van der Waals surface area (Å²) >= 11 is 0. The third kappa shape index (κ3) is 1.70. The van der Waals surface area contributed by atoms with Crippen LogP contribution in [0.15, 0.2) is 0 Å². The van der Waals surface area contributed by atoms with Crippen LogP contribution in [0.25, 0.3) is 0 Å². The fraction of sp³-hybridized carbons (Fsp3) is 1.00. The molecule has 2 N–H and O–H groups in total. The number of rotatable bonds is 1. The average molecular weight is 143 g/mol.